The Morgan fingerprint density at radius 2 is 2.14 bits per heavy atom. The van der Waals surface area contributed by atoms with E-state index in [2.05, 4.69) is 5.32 Å². The van der Waals surface area contributed by atoms with E-state index in [-0.39, 0.29) is 5.84 Å². The summed E-state index contributed by atoms with van der Waals surface area (Å²) in [7, 11) is 0. The molecule has 0 aliphatic rings. The fourth-order valence-corrected chi connectivity index (χ4v) is 0.826. The molecule has 0 rings (SSSR count). The van der Waals surface area contributed by atoms with Gasteiger partial charge >= 0.3 is 6.09 Å². The van der Waals surface area contributed by atoms with Crippen LogP contribution >= 0.6 is 0 Å². The van der Waals surface area contributed by atoms with Crippen LogP contribution in [0.25, 0.3) is 0 Å². The Morgan fingerprint density at radius 3 is 2.50 bits per heavy atom. The molecule has 1 unspecified atom stereocenters. The van der Waals surface area contributed by atoms with Crippen LogP contribution in [0.15, 0.2) is 0 Å². The highest BCUT2D eigenvalue weighted by atomic mass is 16.5. The average Bonchev–Trinajstić information content (AvgIpc) is 2.10. The summed E-state index contributed by atoms with van der Waals surface area (Å²) in [5.74, 6) is 0.257. The molecule has 0 aromatic rings. The number of nitrogens with one attached hydrogen (secondary N) is 2. The molecule has 1 atom stereocenters. The van der Waals surface area contributed by atoms with Gasteiger partial charge in [-0.25, -0.2) is 4.79 Å². The van der Waals surface area contributed by atoms with E-state index in [1.165, 1.54) is 0 Å². The summed E-state index contributed by atoms with van der Waals surface area (Å²) < 4.78 is 4.88. The zero-order chi connectivity index (χ0) is 11.1. The van der Waals surface area contributed by atoms with Crippen molar-refractivity contribution < 1.29 is 9.53 Å². The van der Waals surface area contributed by atoms with Gasteiger partial charge in [-0.1, -0.05) is 20.8 Å². The first-order chi connectivity index (χ1) is 6.47. The molecule has 5 nitrogen and oxygen atoms in total. The highest BCUT2D eigenvalue weighted by Gasteiger charge is 2.13. The van der Waals surface area contributed by atoms with Crippen molar-refractivity contribution in [1.29, 1.82) is 5.41 Å². The zero-order valence-corrected chi connectivity index (χ0v) is 8.96. The largest absolute Gasteiger partial charge is 0.449 e. The van der Waals surface area contributed by atoms with Gasteiger partial charge in [-0.3, -0.25) is 5.41 Å². The summed E-state index contributed by atoms with van der Waals surface area (Å²) in [5.41, 5.74) is 5.26. The second-order valence-corrected chi connectivity index (χ2v) is 3.55. The van der Waals surface area contributed by atoms with Crippen molar-refractivity contribution >= 4 is 11.9 Å². The van der Waals surface area contributed by atoms with E-state index in [9.17, 15) is 4.79 Å². The minimum atomic E-state index is -0.513. The van der Waals surface area contributed by atoms with Crippen molar-refractivity contribution in [2.24, 2.45) is 11.7 Å². The third-order valence-electron chi connectivity index (χ3n) is 1.62. The van der Waals surface area contributed by atoms with Crippen molar-refractivity contribution in [2.75, 3.05) is 6.61 Å². The second-order valence-electron chi connectivity index (χ2n) is 3.55. The average molecular weight is 201 g/mol. The van der Waals surface area contributed by atoms with Crippen molar-refractivity contribution in [3.05, 3.63) is 0 Å². The Hall–Kier alpha value is -1.26. The van der Waals surface area contributed by atoms with E-state index < -0.39 is 12.1 Å². The standard InChI is InChI=1S/C9H19N3O2/c1-4-7(8(10)11)12-9(13)14-5-6(2)3/h6-7H,4-5H2,1-3H3,(H3,10,11)(H,12,13). The van der Waals surface area contributed by atoms with Crippen molar-refractivity contribution in [2.45, 2.75) is 33.2 Å². The number of ether oxygens (including phenoxy) is 1. The molecule has 0 radical (unpaired) electrons. The maximum Gasteiger partial charge on any atom is 0.407 e. The molecule has 0 aliphatic carbocycles. The molecule has 0 bridgehead atoms. The van der Waals surface area contributed by atoms with Gasteiger partial charge in [-0.05, 0) is 12.3 Å². The summed E-state index contributed by atoms with van der Waals surface area (Å²) in [6.07, 6.45) is 0.0762. The smallest absolute Gasteiger partial charge is 0.407 e. The number of amidine groups is 1. The summed E-state index contributed by atoms with van der Waals surface area (Å²) in [6, 6.07) is -0.422. The highest BCUT2D eigenvalue weighted by Crippen LogP contribution is 1.95. The molecule has 0 aliphatic heterocycles. The Balaban J connectivity index is 3.85. The zero-order valence-electron chi connectivity index (χ0n) is 8.96. The minimum Gasteiger partial charge on any atom is -0.449 e. The second kappa shape index (κ2) is 6.23. The SMILES string of the molecule is CCC(NC(=O)OCC(C)C)C(=N)N. The van der Waals surface area contributed by atoms with Crippen molar-refractivity contribution in [3.63, 3.8) is 0 Å². The lowest BCUT2D eigenvalue weighted by atomic mass is 10.2. The van der Waals surface area contributed by atoms with Crippen LogP contribution < -0.4 is 11.1 Å². The summed E-state index contributed by atoms with van der Waals surface area (Å²) in [4.78, 5) is 11.1. The van der Waals surface area contributed by atoms with E-state index in [4.69, 9.17) is 15.9 Å². The molecule has 1 amide bonds. The van der Waals surface area contributed by atoms with Crippen LogP contribution in [0.1, 0.15) is 27.2 Å². The Bertz CT molecular complexity index is 204. The first kappa shape index (κ1) is 12.7. The predicted octanol–water partition coefficient (Wildman–Crippen LogP) is 1.08. The van der Waals surface area contributed by atoms with Gasteiger partial charge in [-0.2, -0.15) is 0 Å². The van der Waals surface area contributed by atoms with Gasteiger partial charge in [0, 0.05) is 0 Å². The van der Waals surface area contributed by atoms with Gasteiger partial charge < -0.3 is 15.8 Å². The molecule has 0 saturated carbocycles. The molecule has 14 heavy (non-hydrogen) atoms. The molecule has 0 saturated heterocycles. The summed E-state index contributed by atoms with van der Waals surface area (Å²) in [6.45, 7) is 6.13. The van der Waals surface area contributed by atoms with E-state index in [1.54, 1.807) is 0 Å². The molecular weight excluding hydrogens is 182 g/mol. The third kappa shape index (κ3) is 5.40. The van der Waals surface area contributed by atoms with Crippen molar-refractivity contribution in [1.82, 2.24) is 5.32 Å². The molecule has 0 heterocycles. The van der Waals surface area contributed by atoms with Crippen molar-refractivity contribution in [3.8, 4) is 0 Å². The number of hydrogen-bond donors (Lipinski definition) is 3. The molecular formula is C9H19N3O2. The van der Waals surface area contributed by atoms with Gasteiger partial charge in [-0.15, -0.1) is 0 Å². The van der Waals surface area contributed by atoms with E-state index in [0.717, 1.165) is 0 Å². The number of alkyl carbamates (subject to hydrolysis) is 1. The number of carbonyl (C=O) groups excluding carboxylic acids is 1. The molecule has 0 aromatic heterocycles. The lowest BCUT2D eigenvalue weighted by Crippen LogP contribution is -2.44. The number of carbonyl (C=O) groups is 1. The normalized spacial score (nSPS) is 12.3. The predicted molar refractivity (Wildman–Crippen MR) is 55.3 cm³/mol. The number of amides is 1. The molecule has 82 valence electrons. The van der Waals surface area contributed by atoms with Gasteiger partial charge in [0.05, 0.1) is 12.6 Å². The maximum absolute atomic E-state index is 11.1. The first-order valence-corrected chi connectivity index (χ1v) is 4.74. The quantitative estimate of drug-likeness (QED) is 0.459. The summed E-state index contributed by atoms with van der Waals surface area (Å²) >= 11 is 0. The van der Waals surface area contributed by atoms with Crippen LogP contribution in [0.2, 0.25) is 0 Å². The first-order valence-electron chi connectivity index (χ1n) is 4.74. The van der Waals surface area contributed by atoms with Crippen LogP contribution in [0.4, 0.5) is 4.79 Å². The number of rotatable bonds is 5. The molecule has 5 heteroatoms. The maximum atomic E-state index is 11.1. The van der Waals surface area contributed by atoms with Crippen LogP contribution in [-0.2, 0) is 4.74 Å². The lowest BCUT2D eigenvalue weighted by Gasteiger charge is -2.15. The Morgan fingerprint density at radius 1 is 1.57 bits per heavy atom. The van der Waals surface area contributed by atoms with E-state index in [1.807, 2.05) is 20.8 Å². The highest BCUT2D eigenvalue weighted by molar-refractivity contribution is 5.86. The van der Waals surface area contributed by atoms with E-state index >= 15 is 0 Å². The lowest BCUT2D eigenvalue weighted by molar-refractivity contribution is 0.131. The number of nitrogens with two attached hydrogens (primary N) is 1. The Kier molecular flexibility index (Phi) is 5.67. The van der Waals surface area contributed by atoms with Crippen LogP contribution in [0.3, 0.4) is 0 Å². The van der Waals surface area contributed by atoms with Crippen LogP contribution in [0, 0.1) is 11.3 Å². The van der Waals surface area contributed by atoms with Crippen LogP contribution in [0.5, 0.6) is 0 Å². The molecule has 0 aromatic carbocycles. The monoisotopic (exact) mass is 201 g/mol. The minimum absolute atomic E-state index is 0.0472. The van der Waals surface area contributed by atoms with Gasteiger partial charge in [0.25, 0.3) is 0 Å². The fourth-order valence-electron chi connectivity index (χ4n) is 0.826. The van der Waals surface area contributed by atoms with Gasteiger partial charge in [0.2, 0.25) is 0 Å². The fraction of sp³-hybridized carbons (Fsp3) is 0.778. The number of hydrogen-bond acceptors (Lipinski definition) is 3. The topological polar surface area (TPSA) is 88.2 Å². The third-order valence-corrected chi connectivity index (χ3v) is 1.62. The molecule has 4 N–H and O–H groups in total. The molecule has 0 fully saturated rings. The molecule has 0 spiro atoms. The van der Waals surface area contributed by atoms with E-state index in [0.29, 0.717) is 18.9 Å². The van der Waals surface area contributed by atoms with Crippen LogP contribution in [-0.4, -0.2) is 24.6 Å². The summed E-state index contributed by atoms with van der Waals surface area (Å²) in [5, 5.41) is 9.68. The van der Waals surface area contributed by atoms with Gasteiger partial charge in [0.1, 0.15) is 5.84 Å². The Labute approximate surface area is 84.5 Å². The van der Waals surface area contributed by atoms with Gasteiger partial charge in [0.15, 0.2) is 0 Å².